The number of halogens is 2. The van der Waals surface area contributed by atoms with Gasteiger partial charge in [-0.15, -0.1) is 29.9 Å². The van der Waals surface area contributed by atoms with Crippen molar-refractivity contribution in [1.29, 1.82) is 0 Å². The largest absolute Gasteiger partial charge is 0.399 e. The Labute approximate surface area is 139 Å². The monoisotopic (exact) mass is 340 g/mol. The fraction of sp³-hybridized carbons (Fsp3) is 0. The SMILES string of the molecule is Cl.Cl.Nc1ccc(-c2nnsc2-c2ccc(N)cc2)cc1. The van der Waals surface area contributed by atoms with Crippen LogP contribution in [-0.4, -0.2) is 9.59 Å². The predicted octanol–water partition coefficient (Wildman–Crippen LogP) is 3.88. The van der Waals surface area contributed by atoms with Gasteiger partial charge in [-0.05, 0) is 41.4 Å². The van der Waals surface area contributed by atoms with Crippen molar-refractivity contribution in [3.8, 4) is 21.7 Å². The number of hydrogen-bond acceptors (Lipinski definition) is 5. The van der Waals surface area contributed by atoms with Crippen molar-refractivity contribution in [3.05, 3.63) is 48.5 Å². The summed E-state index contributed by atoms with van der Waals surface area (Å²) in [6, 6.07) is 15.3. The predicted molar refractivity (Wildman–Crippen MR) is 94.1 cm³/mol. The highest BCUT2D eigenvalue weighted by Gasteiger charge is 2.12. The highest BCUT2D eigenvalue weighted by atomic mass is 35.5. The molecule has 110 valence electrons. The molecule has 4 nitrogen and oxygen atoms in total. The molecular weight excluding hydrogens is 327 g/mol. The Kier molecular flexibility index (Phi) is 5.96. The van der Waals surface area contributed by atoms with Crippen molar-refractivity contribution in [2.24, 2.45) is 0 Å². The third kappa shape index (κ3) is 3.64. The van der Waals surface area contributed by atoms with E-state index in [1.54, 1.807) is 0 Å². The maximum atomic E-state index is 5.70. The molecule has 21 heavy (non-hydrogen) atoms. The second-order valence-corrected chi connectivity index (χ2v) is 4.95. The molecule has 3 rings (SSSR count). The van der Waals surface area contributed by atoms with E-state index >= 15 is 0 Å². The standard InChI is InChI=1S/C14H12N4S.2ClH/c15-11-5-1-9(2-6-11)13-14(19-18-17-13)10-3-7-12(16)8-4-10;;/h1-8H,15-16H2;2*1H. The first kappa shape index (κ1) is 17.2. The van der Waals surface area contributed by atoms with E-state index in [-0.39, 0.29) is 24.8 Å². The zero-order valence-electron chi connectivity index (χ0n) is 10.9. The van der Waals surface area contributed by atoms with E-state index in [0.29, 0.717) is 0 Å². The van der Waals surface area contributed by atoms with E-state index in [2.05, 4.69) is 9.59 Å². The molecule has 0 aliphatic carbocycles. The second-order valence-electron chi connectivity index (χ2n) is 4.19. The van der Waals surface area contributed by atoms with Gasteiger partial charge in [0.1, 0.15) is 5.69 Å². The lowest BCUT2D eigenvalue weighted by molar-refractivity contribution is 1.16. The average molecular weight is 341 g/mol. The molecule has 3 aromatic rings. The molecule has 0 radical (unpaired) electrons. The van der Waals surface area contributed by atoms with Gasteiger partial charge in [-0.2, -0.15) is 0 Å². The summed E-state index contributed by atoms with van der Waals surface area (Å²) in [6.45, 7) is 0. The average Bonchev–Trinajstić information content (AvgIpc) is 2.90. The molecule has 2 aromatic carbocycles. The normalized spacial score (nSPS) is 9.52. The lowest BCUT2D eigenvalue weighted by atomic mass is 10.1. The molecule has 0 aliphatic rings. The Morgan fingerprint density at radius 3 is 1.71 bits per heavy atom. The summed E-state index contributed by atoms with van der Waals surface area (Å²) in [5.41, 5.74) is 15.8. The summed E-state index contributed by atoms with van der Waals surface area (Å²) in [5, 5.41) is 4.21. The van der Waals surface area contributed by atoms with Gasteiger partial charge in [0.05, 0.1) is 4.88 Å². The number of aromatic nitrogens is 2. The molecule has 0 atom stereocenters. The van der Waals surface area contributed by atoms with Crippen LogP contribution < -0.4 is 11.5 Å². The summed E-state index contributed by atoms with van der Waals surface area (Å²) < 4.78 is 4.05. The van der Waals surface area contributed by atoms with Crippen LogP contribution in [0.3, 0.4) is 0 Å². The molecule has 0 saturated heterocycles. The van der Waals surface area contributed by atoms with Crippen LogP contribution in [0.25, 0.3) is 21.7 Å². The summed E-state index contributed by atoms with van der Waals surface area (Å²) in [5.74, 6) is 0. The van der Waals surface area contributed by atoms with Gasteiger partial charge in [0, 0.05) is 16.9 Å². The number of hydrogen-bond donors (Lipinski definition) is 2. The lowest BCUT2D eigenvalue weighted by Gasteiger charge is -2.02. The first-order valence-electron chi connectivity index (χ1n) is 5.78. The van der Waals surface area contributed by atoms with E-state index in [0.717, 1.165) is 33.1 Å². The molecule has 0 spiro atoms. The topological polar surface area (TPSA) is 77.8 Å². The smallest absolute Gasteiger partial charge is 0.113 e. The van der Waals surface area contributed by atoms with Gasteiger partial charge in [-0.3, -0.25) is 0 Å². The molecule has 7 heteroatoms. The van der Waals surface area contributed by atoms with Gasteiger partial charge in [0.15, 0.2) is 0 Å². The minimum Gasteiger partial charge on any atom is -0.399 e. The van der Waals surface area contributed by atoms with Crippen LogP contribution in [0.5, 0.6) is 0 Å². The number of anilines is 2. The summed E-state index contributed by atoms with van der Waals surface area (Å²) in [4.78, 5) is 1.03. The number of benzene rings is 2. The van der Waals surface area contributed by atoms with Crippen molar-refractivity contribution in [1.82, 2.24) is 9.59 Å². The molecule has 0 unspecified atom stereocenters. The first-order chi connectivity index (χ1) is 9.24. The highest BCUT2D eigenvalue weighted by Crippen LogP contribution is 2.33. The lowest BCUT2D eigenvalue weighted by Crippen LogP contribution is -1.87. The van der Waals surface area contributed by atoms with Crippen LogP contribution in [0, 0.1) is 0 Å². The number of nitrogens with zero attached hydrogens (tertiary/aromatic N) is 2. The molecule has 1 heterocycles. The minimum absolute atomic E-state index is 0. The molecular formula is C14H14Cl2N4S. The van der Waals surface area contributed by atoms with Crippen LogP contribution >= 0.6 is 36.3 Å². The highest BCUT2D eigenvalue weighted by molar-refractivity contribution is 7.09. The van der Waals surface area contributed by atoms with Crippen LogP contribution in [0.2, 0.25) is 0 Å². The van der Waals surface area contributed by atoms with Crippen LogP contribution in [0.15, 0.2) is 48.5 Å². The van der Waals surface area contributed by atoms with E-state index in [1.165, 1.54) is 11.5 Å². The fourth-order valence-corrected chi connectivity index (χ4v) is 2.54. The van der Waals surface area contributed by atoms with Crippen LogP contribution in [0.1, 0.15) is 0 Å². The fourth-order valence-electron chi connectivity index (χ4n) is 1.84. The quantitative estimate of drug-likeness (QED) is 0.694. The van der Waals surface area contributed by atoms with E-state index in [1.807, 2.05) is 48.5 Å². The summed E-state index contributed by atoms with van der Waals surface area (Å²) in [6.07, 6.45) is 0. The van der Waals surface area contributed by atoms with Gasteiger partial charge in [0.25, 0.3) is 0 Å². The molecule has 0 saturated carbocycles. The van der Waals surface area contributed by atoms with E-state index < -0.39 is 0 Å². The third-order valence-electron chi connectivity index (χ3n) is 2.85. The van der Waals surface area contributed by atoms with Gasteiger partial charge in [-0.25, -0.2) is 0 Å². The Morgan fingerprint density at radius 2 is 1.19 bits per heavy atom. The van der Waals surface area contributed by atoms with Crippen LogP contribution in [0.4, 0.5) is 11.4 Å². The zero-order chi connectivity index (χ0) is 13.2. The van der Waals surface area contributed by atoms with Gasteiger partial charge >= 0.3 is 0 Å². The zero-order valence-corrected chi connectivity index (χ0v) is 13.3. The Bertz CT molecular complexity index is 636. The van der Waals surface area contributed by atoms with E-state index in [4.69, 9.17) is 11.5 Å². The molecule has 4 N–H and O–H groups in total. The van der Waals surface area contributed by atoms with Crippen molar-refractivity contribution in [3.63, 3.8) is 0 Å². The molecule has 0 amide bonds. The van der Waals surface area contributed by atoms with Crippen molar-refractivity contribution < 1.29 is 0 Å². The van der Waals surface area contributed by atoms with E-state index in [9.17, 15) is 0 Å². The number of nitrogen functional groups attached to an aromatic ring is 2. The van der Waals surface area contributed by atoms with Gasteiger partial charge in [-0.1, -0.05) is 28.8 Å². The Balaban J connectivity index is 0.00000110. The Morgan fingerprint density at radius 1 is 0.714 bits per heavy atom. The van der Waals surface area contributed by atoms with Crippen molar-refractivity contribution in [2.45, 2.75) is 0 Å². The second kappa shape index (κ2) is 7.26. The molecule has 1 aromatic heterocycles. The number of nitrogens with two attached hydrogens (primary N) is 2. The molecule has 0 fully saturated rings. The first-order valence-corrected chi connectivity index (χ1v) is 6.55. The number of rotatable bonds is 2. The summed E-state index contributed by atoms with van der Waals surface area (Å²) in [7, 11) is 0. The summed E-state index contributed by atoms with van der Waals surface area (Å²) >= 11 is 1.37. The molecule has 0 aliphatic heterocycles. The third-order valence-corrected chi connectivity index (χ3v) is 3.62. The van der Waals surface area contributed by atoms with Crippen LogP contribution in [-0.2, 0) is 0 Å². The maximum absolute atomic E-state index is 5.70. The Hall–Kier alpha value is -1.82. The van der Waals surface area contributed by atoms with Gasteiger partial charge < -0.3 is 11.5 Å². The molecule has 0 bridgehead atoms. The minimum atomic E-state index is 0. The maximum Gasteiger partial charge on any atom is 0.113 e. The van der Waals surface area contributed by atoms with Crippen molar-refractivity contribution in [2.75, 3.05) is 11.5 Å². The van der Waals surface area contributed by atoms with Gasteiger partial charge in [0.2, 0.25) is 0 Å². The van der Waals surface area contributed by atoms with Crippen molar-refractivity contribution >= 4 is 47.7 Å².